The minimum atomic E-state index is -0.305. The Morgan fingerprint density at radius 3 is 2.72 bits per heavy atom. The molecule has 0 radical (unpaired) electrons. The summed E-state index contributed by atoms with van der Waals surface area (Å²) in [4.78, 5) is 24.0. The Labute approximate surface area is 145 Å². The predicted octanol–water partition coefficient (Wildman–Crippen LogP) is 2.43. The Balaban J connectivity index is 1.72. The molecule has 0 aromatic heterocycles. The first kappa shape index (κ1) is 16.7. The number of carbonyl (C=O) groups excluding carboxylic acids is 2. The Kier molecular flexibility index (Phi) is 5.11. The van der Waals surface area contributed by atoms with Crippen LogP contribution in [0.1, 0.15) is 15.9 Å². The monoisotopic (exact) mass is 338 g/mol. The van der Waals surface area contributed by atoms with Crippen LogP contribution in [-0.2, 0) is 9.53 Å². The topological polar surface area (TPSA) is 76.7 Å². The van der Waals surface area contributed by atoms with Gasteiger partial charge in [0.1, 0.15) is 0 Å². The van der Waals surface area contributed by atoms with Crippen LogP contribution in [0.3, 0.4) is 0 Å². The fraction of sp³-hybridized carbons (Fsp3) is 0.158. The number of rotatable bonds is 5. The highest BCUT2D eigenvalue weighted by atomic mass is 16.5. The van der Waals surface area contributed by atoms with Crippen LogP contribution < -0.4 is 15.4 Å². The second-order valence-electron chi connectivity index (χ2n) is 5.43. The second kappa shape index (κ2) is 7.63. The molecule has 128 valence electrons. The molecular weight excluding hydrogens is 320 g/mol. The van der Waals surface area contributed by atoms with Crippen LogP contribution in [0.25, 0.3) is 6.08 Å². The molecule has 2 aromatic carbocycles. The van der Waals surface area contributed by atoms with E-state index in [0.717, 1.165) is 5.56 Å². The molecule has 0 unspecified atom stereocenters. The number of benzene rings is 2. The van der Waals surface area contributed by atoms with E-state index < -0.39 is 0 Å². The standard InChI is InChI=1S/C19H18N2O4/c1-24-11-10-20-18(22)14-8-6-13(7-9-14)12-17-19(23)21-15-4-2-3-5-16(15)25-17/h2-9,12H,10-11H2,1H3,(H,20,22)(H,21,23)/b17-12-. The molecule has 6 heteroatoms. The van der Waals surface area contributed by atoms with Crippen LogP contribution in [0.5, 0.6) is 5.75 Å². The van der Waals surface area contributed by atoms with Crippen molar-refractivity contribution in [1.82, 2.24) is 5.32 Å². The zero-order valence-corrected chi connectivity index (χ0v) is 13.7. The van der Waals surface area contributed by atoms with Crippen molar-refractivity contribution in [3.05, 3.63) is 65.4 Å². The summed E-state index contributed by atoms with van der Waals surface area (Å²) in [5, 5.41) is 5.53. The summed E-state index contributed by atoms with van der Waals surface area (Å²) in [6, 6.07) is 14.1. The lowest BCUT2D eigenvalue weighted by molar-refractivity contribution is -0.115. The molecule has 1 aliphatic rings. The highest BCUT2D eigenvalue weighted by Crippen LogP contribution is 2.30. The number of hydrogen-bond acceptors (Lipinski definition) is 4. The van der Waals surface area contributed by atoms with Gasteiger partial charge in [-0.3, -0.25) is 9.59 Å². The van der Waals surface area contributed by atoms with Gasteiger partial charge in [0.05, 0.1) is 12.3 Å². The Bertz CT molecular complexity index is 812. The number of hydrogen-bond donors (Lipinski definition) is 2. The molecule has 2 aromatic rings. The SMILES string of the molecule is COCCNC(=O)c1ccc(/C=C2\Oc3ccccc3NC2=O)cc1. The predicted molar refractivity (Wildman–Crippen MR) is 94.3 cm³/mol. The Hall–Kier alpha value is -3.12. The molecule has 0 saturated carbocycles. The highest BCUT2D eigenvalue weighted by Gasteiger charge is 2.21. The van der Waals surface area contributed by atoms with Gasteiger partial charge in [0.2, 0.25) is 0 Å². The molecule has 0 fully saturated rings. The van der Waals surface area contributed by atoms with Gasteiger partial charge >= 0.3 is 0 Å². The van der Waals surface area contributed by atoms with Gasteiger partial charge in [-0.05, 0) is 35.9 Å². The summed E-state index contributed by atoms with van der Waals surface area (Å²) in [5.74, 6) is 0.329. The zero-order valence-electron chi connectivity index (χ0n) is 13.7. The van der Waals surface area contributed by atoms with E-state index in [0.29, 0.717) is 30.2 Å². The van der Waals surface area contributed by atoms with Crippen molar-refractivity contribution in [3.63, 3.8) is 0 Å². The fourth-order valence-electron chi connectivity index (χ4n) is 2.35. The summed E-state index contributed by atoms with van der Waals surface area (Å²) in [5.41, 5.74) is 1.95. The van der Waals surface area contributed by atoms with Gasteiger partial charge in [-0.15, -0.1) is 0 Å². The number of carbonyl (C=O) groups is 2. The molecular formula is C19H18N2O4. The number of amides is 2. The Morgan fingerprint density at radius 2 is 1.96 bits per heavy atom. The van der Waals surface area contributed by atoms with Crippen molar-refractivity contribution in [2.24, 2.45) is 0 Å². The fourth-order valence-corrected chi connectivity index (χ4v) is 2.35. The quantitative estimate of drug-likeness (QED) is 0.648. The summed E-state index contributed by atoms with van der Waals surface area (Å²) in [6.07, 6.45) is 1.64. The van der Waals surface area contributed by atoms with Gasteiger partial charge in [0.25, 0.3) is 11.8 Å². The number of anilines is 1. The highest BCUT2D eigenvalue weighted by molar-refractivity contribution is 6.08. The van der Waals surface area contributed by atoms with E-state index in [1.807, 2.05) is 12.1 Å². The van der Waals surface area contributed by atoms with E-state index in [4.69, 9.17) is 9.47 Å². The van der Waals surface area contributed by atoms with E-state index in [9.17, 15) is 9.59 Å². The normalized spacial score (nSPS) is 14.4. The van der Waals surface area contributed by atoms with Crippen LogP contribution in [0.2, 0.25) is 0 Å². The molecule has 0 bridgehead atoms. The first-order valence-electron chi connectivity index (χ1n) is 7.84. The van der Waals surface area contributed by atoms with E-state index in [2.05, 4.69) is 10.6 Å². The summed E-state index contributed by atoms with van der Waals surface area (Å²) in [6.45, 7) is 0.915. The average molecular weight is 338 g/mol. The third-order valence-corrected chi connectivity index (χ3v) is 3.64. The van der Waals surface area contributed by atoms with Gasteiger partial charge < -0.3 is 20.1 Å². The number of nitrogens with one attached hydrogen (secondary N) is 2. The van der Waals surface area contributed by atoms with E-state index in [-0.39, 0.29) is 17.6 Å². The van der Waals surface area contributed by atoms with Gasteiger partial charge in [-0.2, -0.15) is 0 Å². The molecule has 0 saturated heterocycles. The lowest BCUT2D eigenvalue weighted by Crippen LogP contribution is -2.26. The minimum absolute atomic E-state index is 0.170. The maximum absolute atomic E-state index is 12.1. The lowest BCUT2D eigenvalue weighted by atomic mass is 10.1. The molecule has 2 amide bonds. The largest absolute Gasteiger partial charge is 0.449 e. The zero-order chi connectivity index (χ0) is 17.6. The molecule has 0 atom stereocenters. The molecule has 25 heavy (non-hydrogen) atoms. The van der Waals surface area contributed by atoms with Crippen LogP contribution in [0.15, 0.2) is 54.3 Å². The smallest absolute Gasteiger partial charge is 0.291 e. The summed E-state index contributed by atoms with van der Waals surface area (Å²) in [7, 11) is 1.58. The van der Waals surface area contributed by atoms with Crippen molar-refractivity contribution >= 4 is 23.6 Å². The molecule has 3 rings (SSSR count). The number of para-hydroxylation sites is 2. The molecule has 0 aliphatic carbocycles. The molecule has 1 aliphatic heterocycles. The van der Waals surface area contributed by atoms with E-state index >= 15 is 0 Å². The lowest BCUT2D eigenvalue weighted by Gasteiger charge is -2.19. The van der Waals surface area contributed by atoms with Gasteiger partial charge in [0.15, 0.2) is 11.5 Å². The van der Waals surface area contributed by atoms with Crippen LogP contribution in [0, 0.1) is 0 Å². The van der Waals surface area contributed by atoms with E-state index in [1.165, 1.54) is 0 Å². The third kappa shape index (κ3) is 4.05. The first-order valence-corrected chi connectivity index (χ1v) is 7.84. The van der Waals surface area contributed by atoms with Crippen molar-refractivity contribution in [3.8, 4) is 5.75 Å². The maximum Gasteiger partial charge on any atom is 0.291 e. The molecule has 0 spiro atoms. The maximum atomic E-state index is 12.1. The van der Waals surface area contributed by atoms with Crippen molar-refractivity contribution in [1.29, 1.82) is 0 Å². The van der Waals surface area contributed by atoms with E-state index in [1.54, 1.807) is 49.6 Å². The van der Waals surface area contributed by atoms with Crippen LogP contribution in [-0.4, -0.2) is 32.1 Å². The summed E-state index contributed by atoms with van der Waals surface area (Å²) < 4.78 is 10.5. The van der Waals surface area contributed by atoms with Crippen molar-refractivity contribution in [2.75, 3.05) is 25.6 Å². The first-order chi connectivity index (χ1) is 12.2. The summed E-state index contributed by atoms with van der Waals surface area (Å²) >= 11 is 0. The number of methoxy groups -OCH3 is 1. The van der Waals surface area contributed by atoms with Gasteiger partial charge in [0, 0.05) is 19.2 Å². The number of ether oxygens (including phenoxy) is 2. The molecule has 2 N–H and O–H groups in total. The number of fused-ring (bicyclic) bond motifs is 1. The Morgan fingerprint density at radius 1 is 1.20 bits per heavy atom. The van der Waals surface area contributed by atoms with Crippen LogP contribution >= 0.6 is 0 Å². The second-order valence-corrected chi connectivity index (χ2v) is 5.43. The average Bonchev–Trinajstić information content (AvgIpc) is 2.63. The molecule has 6 nitrogen and oxygen atoms in total. The third-order valence-electron chi connectivity index (χ3n) is 3.64. The van der Waals surface area contributed by atoms with Gasteiger partial charge in [-0.25, -0.2) is 0 Å². The van der Waals surface area contributed by atoms with Crippen molar-refractivity contribution in [2.45, 2.75) is 0 Å². The minimum Gasteiger partial charge on any atom is -0.449 e. The van der Waals surface area contributed by atoms with Crippen molar-refractivity contribution < 1.29 is 19.1 Å². The molecule has 1 heterocycles. The van der Waals surface area contributed by atoms with Gasteiger partial charge in [-0.1, -0.05) is 24.3 Å². The van der Waals surface area contributed by atoms with Crippen LogP contribution in [0.4, 0.5) is 5.69 Å².